The van der Waals surface area contributed by atoms with Crippen molar-refractivity contribution in [3.05, 3.63) is 53.7 Å². The van der Waals surface area contributed by atoms with Crippen molar-refractivity contribution in [1.82, 2.24) is 0 Å². The van der Waals surface area contributed by atoms with E-state index in [0.717, 1.165) is 11.3 Å². The summed E-state index contributed by atoms with van der Waals surface area (Å²) >= 11 is 0. The first-order valence-corrected chi connectivity index (χ1v) is 6.51. The van der Waals surface area contributed by atoms with Gasteiger partial charge in [-0.1, -0.05) is 12.1 Å². The van der Waals surface area contributed by atoms with Crippen molar-refractivity contribution in [2.75, 3.05) is 18.0 Å². The summed E-state index contributed by atoms with van der Waals surface area (Å²) in [4.78, 5) is 1.97. The monoisotopic (exact) mass is 262 g/mol. The van der Waals surface area contributed by atoms with Crippen molar-refractivity contribution in [1.29, 1.82) is 0 Å². The second kappa shape index (κ2) is 6.38. The van der Waals surface area contributed by atoms with E-state index in [-0.39, 0.29) is 5.82 Å². The first-order valence-electron chi connectivity index (χ1n) is 6.51. The van der Waals surface area contributed by atoms with Gasteiger partial charge in [0, 0.05) is 6.54 Å². The summed E-state index contributed by atoms with van der Waals surface area (Å²) in [5.74, 6) is 0.614. The first kappa shape index (κ1) is 13.6. The molecular formula is C15H19FN2O. The standard InChI is InChI=1S/C15H19FN2O/c1-2-18(11-13-6-4-10-19-13)15-12(8-9-17)5-3-7-14(15)16/h3-7,10H,2,8-9,11,17H2,1H3. The molecule has 0 aliphatic heterocycles. The molecule has 0 fully saturated rings. The van der Waals surface area contributed by atoms with E-state index in [0.29, 0.717) is 31.7 Å². The number of halogens is 1. The van der Waals surface area contributed by atoms with Crippen LogP contribution in [0.3, 0.4) is 0 Å². The smallest absolute Gasteiger partial charge is 0.146 e. The summed E-state index contributed by atoms with van der Waals surface area (Å²) in [7, 11) is 0. The number of nitrogens with zero attached hydrogens (tertiary/aromatic N) is 1. The minimum Gasteiger partial charge on any atom is -0.467 e. The third-order valence-electron chi connectivity index (χ3n) is 3.11. The van der Waals surface area contributed by atoms with Crippen LogP contribution in [0.15, 0.2) is 41.0 Å². The summed E-state index contributed by atoms with van der Waals surface area (Å²) in [6.45, 7) is 3.78. The Morgan fingerprint density at radius 2 is 2.11 bits per heavy atom. The number of hydrogen-bond acceptors (Lipinski definition) is 3. The fourth-order valence-electron chi connectivity index (χ4n) is 2.21. The van der Waals surface area contributed by atoms with Crippen LogP contribution in [0.2, 0.25) is 0 Å². The lowest BCUT2D eigenvalue weighted by molar-refractivity contribution is 0.501. The van der Waals surface area contributed by atoms with Crippen molar-refractivity contribution in [2.24, 2.45) is 5.73 Å². The Morgan fingerprint density at radius 1 is 1.26 bits per heavy atom. The van der Waals surface area contributed by atoms with Gasteiger partial charge in [0.05, 0.1) is 18.5 Å². The lowest BCUT2D eigenvalue weighted by atomic mass is 10.1. The largest absolute Gasteiger partial charge is 0.467 e. The molecule has 2 rings (SSSR count). The maximum Gasteiger partial charge on any atom is 0.146 e. The number of nitrogens with two attached hydrogens (primary N) is 1. The molecule has 0 radical (unpaired) electrons. The SMILES string of the molecule is CCN(Cc1ccco1)c1c(F)cccc1CCN. The van der Waals surface area contributed by atoms with Crippen LogP contribution in [-0.2, 0) is 13.0 Å². The van der Waals surface area contributed by atoms with Gasteiger partial charge in [-0.3, -0.25) is 0 Å². The molecule has 0 bridgehead atoms. The Kier molecular flexibility index (Phi) is 4.58. The Labute approximate surface area is 112 Å². The quantitative estimate of drug-likeness (QED) is 0.870. The fourth-order valence-corrected chi connectivity index (χ4v) is 2.21. The lowest BCUT2D eigenvalue weighted by Gasteiger charge is -2.25. The van der Waals surface area contributed by atoms with E-state index < -0.39 is 0 Å². The van der Waals surface area contributed by atoms with E-state index in [1.54, 1.807) is 12.3 Å². The van der Waals surface area contributed by atoms with E-state index in [1.807, 2.05) is 30.0 Å². The zero-order valence-corrected chi connectivity index (χ0v) is 11.1. The summed E-state index contributed by atoms with van der Waals surface area (Å²) in [6, 6.07) is 8.87. The molecule has 1 aromatic carbocycles. The molecule has 1 aromatic heterocycles. The molecule has 0 atom stereocenters. The fraction of sp³-hybridized carbons (Fsp3) is 0.333. The van der Waals surface area contributed by atoms with Gasteiger partial charge in [-0.05, 0) is 43.7 Å². The number of benzene rings is 1. The van der Waals surface area contributed by atoms with Crippen LogP contribution < -0.4 is 10.6 Å². The highest BCUT2D eigenvalue weighted by Crippen LogP contribution is 2.26. The number of hydrogen-bond donors (Lipinski definition) is 1. The topological polar surface area (TPSA) is 42.4 Å². The minimum atomic E-state index is -0.209. The van der Waals surface area contributed by atoms with Crippen LogP contribution in [0.25, 0.3) is 0 Å². The van der Waals surface area contributed by atoms with E-state index in [1.165, 1.54) is 6.07 Å². The van der Waals surface area contributed by atoms with Gasteiger partial charge >= 0.3 is 0 Å². The molecule has 0 aliphatic carbocycles. The number of furan rings is 1. The van der Waals surface area contributed by atoms with Crippen LogP contribution in [0.5, 0.6) is 0 Å². The van der Waals surface area contributed by atoms with Crippen LogP contribution >= 0.6 is 0 Å². The second-order valence-electron chi connectivity index (χ2n) is 4.38. The molecule has 102 valence electrons. The van der Waals surface area contributed by atoms with Gasteiger partial charge in [0.15, 0.2) is 0 Å². The highest BCUT2D eigenvalue weighted by Gasteiger charge is 2.15. The molecule has 2 aromatic rings. The van der Waals surface area contributed by atoms with E-state index in [9.17, 15) is 4.39 Å². The van der Waals surface area contributed by atoms with E-state index in [2.05, 4.69) is 0 Å². The van der Waals surface area contributed by atoms with Crippen molar-refractivity contribution >= 4 is 5.69 Å². The van der Waals surface area contributed by atoms with Crippen molar-refractivity contribution in [3.63, 3.8) is 0 Å². The van der Waals surface area contributed by atoms with Crippen molar-refractivity contribution in [3.8, 4) is 0 Å². The Balaban J connectivity index is 2.31. The van der Waals surface area contributed by atoms with Crippen molar-refractivity contribution < 1.29 is 8.81 Å². The average molecular weight is 262 g/mol. The highest BCUT2D eigenvalue weighted by atomic mass is 19.1. The van der Waals surface area contributed by atoms with Gasteiger partial charge in [-0.2, -0.15) is 0 Å². The maximum atomic E-state index is 14.1. The maximum absolute atomic E-state index is 14.1. The van der Waals surface area contributed by atoms with Gasteiger partial charge in [0.1, 0.15) is 11.6 Å². The molecule has 0 aliphatic rings. The van der Waals surface area contributed by atoms with E-state index in [4.69, 9.17) is 10.2 Å². The number of anilines is 1. The van der Waals surface area contributed by atoms with Crippen LogP contribution in [0.4, 0.5) is 10.1 Å². The van der Waals surface area contributed by atoms with E-state index >= 15 is 0 Å². The highest BCUT2D eigenvalue weighted by molar-refractivity contribution is 5.55. The molecule has 2 N–H and O–H groups in total. The van der Waals surface area contributed by atoms with Gasteiger partial charge in [0.2, 0.25) is 0 Å². The normalized spacial score (nSPS) is 10.7. The molecule has 0 amide bonds. The van der Waals surface area contributed by atoms with Crippen LogP contribution in [-0.4, -0.2) is 13.1 Å². The Bertz CT molecular complexity index is 511. The van der Waals surface area contributed by atoms with Crippen LogP contribution in [0, 0.1) is 5.82 Å². The van der Waals surface area contributed by atoms with Gasteiger partial charge < -0.3 is 15.1 Å². The Morgan fingerprint density at radius 3 is 2.74 bits per heavy atom. The minimum absolute atomic E-state index is 0.209. The molecule has 1 heterocycles. The van der Waals surface area contributed by atoms with Crippen molar-refractivity contribution in [2.45, 2.75) is 19.9 Å². The second-order valence-corrected chi connectivity index (χ2v) is 4.38. The zero-order valence-electron chi connectivity index (χ0n) is 11.1. The molecule has 0 saturated carbocycles. The molecular weight excluding hydrogens is 243 g/mol. The predicted molar refractivity (Wildman–Crippen MR) is 74.6 cm³/mol. The summed E-state index contributed by atoms with van der Waals surface area (Å²) in [6.07, 6.45) is 2.30. The summed E-state index contributed by atoms with van der Waals surface area (Å²) in [5.41, 5.74) is 7.17. The molecule has 3 nitrogen and oxygen atoms in total. The van der Waals surface area contributed by atoms with Gasteiger partial charge in [0.25, 0.3) is 0 Å². The third-order valence-corrected chi connectivity index (χ3v) is 3.11. The molecule has 19 heavy (non-hydrogen) atoms. The first-order chi connectivity index (χ1) is 9.26. The summed E-state index contributed by atoms with van der Waals surface area (Å²) < 4.78 is 19.5. The predicted octanol–water partition coefficient (Wildman–Crippen LogP) is 2.95. The Hall–Kier alpha value is -1.81. The average Bonchev–Trinajstić information content (AvgIpc) is 2.90. The lowest BCUT2D eigenvalue weighted by Crippen LogP contribution is -2.24. The number of rotatable bonds is 6. The van der Waals surface area contributed by atoms with Crippen LogP contribution in [0.1, 0.15) is 18.2 Å². The summed E-state index contributed by atoms with van der Waals surface area (Å²) in [5, 5.41) is 0. The third kappa shape index (κ3) is 3.15. The van der Waals surface area contributed by atoms with Gasteiger partial charge in [-0.15, -0.1) is 0 Å². The molecule has 0 unspecified atom stereocenters. The molecule has 4 heteroatoms. The molecule has 0 saturated heterocycles. The molecule has 0 spiro atoms. The van der Waals surface area contributed by atoms with Gasteiger partial charge in [-0.25, -0.2) is 4.39 Å². The number of para-hydroxylation sites is 1. The zero-order chi connectivity index (χ0) is 13.7.